The van der Waals surface area contributed by atoms with E-state index in [4.69, 9.17) is 28.4 Å². The molecule has 0 bridgehead atoms. The smallest absolute Gasteiger partial charge is 0.335 e. The molecule has 2 aliphatic carbocycles. The number of esters is 2. The van der Waals surface area contributed by atoms with Crippen LogP contribution in [0.25, 0.3) is 0 Å². The van der Waals surface area contributed by atoms with Crippen LogP contribution in [0.4, 0.5) is 11.4 Å². The SMILES string of the molecule is CC[C@@]12CC(C(=O)OC)=C3Nc4c(cc(O)c(OC)c4OC)[C@]34CCN([C@@H]3c5cc6c(cc5O[C@@H]3[C@H]1O)NC1=C(C(=O)OC)C[C@]3(CC)[C@@H]5O[C@@H]5CN5CC[C@@]16[C@@H]53)[C@@H]24. The average molecular weight is 795 g/mol. The summed E-state index contributed by atoms with van der Waals surface area (Å²) in [7, 11) is 5.89. The molecule has 0 saturated carbocycles. The summed E-state index contributed by atoms with van der Waals surface area (Å²) in [6.07, 6.45) is 2.52. The molecule has 0 radical (unpaired) electrons. The van der Waals surface area contributed by atoms with E-state index in [1.807, 2.05) is 0 Å². The third kappa shape index (κ3) is 3.66. The summed E-state index contributed by atoms with van der Waals surface area (Å²) in [6.45, 7) is 6.76. The zero-order valence-electron chi connectivity index (χ0n) is 33.7. The van der Waals surface area contributed by atoms with Gasteiger partial charge in [-0.15, -0.1) is 0 Å². The molecule has 8 aliphatic heterocycles. The molecule has 8 heterocycles. The molecular formula is C44H50N4O10. The fraction of sp³-hybridized carbons (Fsp3) is 0.591. The average Bonchev–Trinajstić information content (AvgIpc) is 3.57. The van der Waals surface area contributed by atoms with Crippen molar-refractivity contribution in [2.75, 3.05) is 58.7 Å². The number of nitrogens with zero attached hydrogens (tertiary/aromatic N) is 2. The first kappa shape index (κ1) is 35.4. The van der Waals surface area contributed by atoms with Crippen molar-refractivity contribution in [3.63, 3.8) is 0 Å². The van der Waals surface area contributed by atoms with Crippen molar-refractivity contribution in [3.05, 3.63) is 57.4 Å². The molecule has 11 atom stereocenters. The molecular weight excluding hydrogens is 745 g/mol. The van der Waals surface area contributed by atoms with Gasteiger partial charge in [0.15, 0.2) is 11.5 Å². The van der Waals surface area contributed by atoms with E-state index in [-0.39, 0.29) is 59.6 Å². The molecule has 4 N–H and O–H groups in total. The Morgan fingerprint density at radius 1 is 0.862 bits per heavy atom. The van der Waals surface area contributed by atoms with Gasteiger partial charge in [0.05, 0.1) is 74.4 Å². The summed E-state index contributed by atoms with van der Waals surface area (Å²) in [5, 5.41) is 31.8. The maximum atomic E-state index is 13.9. The van der Waals surface area contributed by atoms with Gasteiger partial charge in [-0.2, -0.15) is 0 Å². The Balaban J connectivity index is 1.05. The van der Waals surface area contributed by atoms with Crippen LogP contribution < -0.4 is 24.8 Å². The number of ether oxygens (including phenoxy) is 6. The van der Waals surface area contributed by atoms with Crippen LogP contribution in [0.2, 0.25) is 0 Å². The summed E-state index contributed by atoms with van der Waals surface area (Å²) >= 11 is 0. The first-order chi connectivity index (χ1) is 28.0. The van der Waals surface area contributed by atoms with Crippen LogP contribution in [0.5, 0.6) is 23.0 Å². The Labute approximate surface area is 336 Å². The predicted octanol–water partition coefficient (Wildman–Crippen LogP) is 4.00. The van der Waals surface area contributed by atoms with Crippen molar-refractivity contribution >= 4 is 23.3 Å². The van der Waals surface area contributed by atoms with Crippen LogP contribution in [0, 0.1) is 10.8 Å². The highest BCUT2D eigenvalue weighted by atomic mass is 16.6. The van der Waals surface area contributed by atoms with Gasteiger partial charge in [-0.25, -0.2) is 9.59 Å². The van der Waals surface area contributed by atoms with Crippen molar-refractivity contribution < 1.29 is 48.2 Å². The van der Waals surface area contributed by atoms with Crippen molar-refractivity contribution in [3.8, 4) is 23.0 Å². The number of fused-ring (bicyclic) bond motifs is 8. The molecule has 14 nitrogen and oxygen atoms in total. The number of methoxy groups -OCH3 is 4. The zero-order chi connectivity index (χ0) is 40.0. The number of nitrogens with one attached hydrogen (secondary N) is 2. The number of phenols is 1. The monoisotopic (exact) mass is 794 g/mol. The molecule has 5 saturated heterocycles. The minimum atomic E-state index is -0.959. The van der Waals surface area contributed by atoms with E-state index in [1.165, 1.54) is 26.9 Å². The van der Waals surface area contributed by atoms with Crippen LogP contribution in [0.15, 0.2) is 40.7 Å². The lowest BCUT2D eigenvalue weighted by atomic mass is 9.51. The lowest BCUT2D eigenvalue weighted by Crippen LogP contribution is -2.69. The summed E-state index contributed by atoms with van der Waals surface area (Å²) in [4.78, 5) is 32.8. The van der Waals surface area contributed by atoms with Crippen LogP contribution in [-0.2, 0) is 34.6 Å². The van der Waals surface area contributed by atoms with E-state index < -0.39 is 34.4 Å². The van der Waals surface area contributed by atoms with Crippen molar-refractivity contribution in [2.24, 2.45) is 10.8 Å². The van der Waals surface area contributed by atoms with Gasteiger partial charge in [0.25, 0.3) is 0 Å². The first-order valence-corrected chi connectivity index (χ1v) is 20.9. The van der Waals surface area contributed by atoms with Gasteiger partial charge >= 0.3 is 11.9 Å². The van der Waals surface area contributed by atoms with Crippen LogP contribution in [-0.4, -0.2) is 117 Å². The molecule has 0 aromatic heterocycles. The first-order valence-electron chi connectivity index (χ1n) is 20.9. The fourth-order valence-electron chi connectivity index (χ4n) is 14.9. The Bertz CT molecular complexity index is 2350. The van der Waals surface area contributed by atoms with E-state index in [9.17, 15) is 19.8 Å². The van der Waals surface area contributed by atoms with Crippen molar-refractivity contribution in [1.29, 1.82) is 0 Å². The predicted molar refractivity (Wildman–Crippen MR) is 208 cm³/mol. The summed E-state index contributed by atoms with van der Waals surface area (Å²) in [5.74, 6) is 0.458. The number of aliphatic hydroxyl groups excluding tert-OH is 1. The topological polar surface area (TPSA) is 164 Å². The molecule has 2 aromatic carbocycles. The summed E-state index contributed by atoms with van der Waals surface area (Å²) < 4.78 is 35.8. The van der Waals surface area contributed by atoms with E-state index in [1.54, 1.807) is 13.2 Å². The highest BCUT2D eigenvalue weighted by molar-refractivity contribution is 5.95. The lowest BCUT2D eigenvalue weighted by molar-refractivity contribution is -0.168. The minimum Gasteiger partial charge on any atom is -0.504 e. The van der Waals surface area contributed by atoms with Gasteiger partial charge < -0.3 is 49.3 Å². The molecule has 2 spiro atoms. The molecule has 306 valence electrons. The molecule has 2 aromatic rings. The van der Waals surface area contributed by atoms with Crippen LogP contribution in [0.1, 0.15) is 75.1 Å². The maximum absolute atomic E-state index is 13.9. The highest BCUT2D eigenvalue weighted by Crippen LogP contribution is 2.73. The van der Waals surface area contributed by atoms with E-state index in [0.29, 0.717) is 54.1 Å². The number of aliphatic hydroxyl groups is 1. The van der Waals surface area contributed by atoms with Gasteiger partial charge in [0.1, 0.15) is 18.0 Å². The largest absolute Gasteiger partial charge is 0.504 e. The molecule has 0 amide bonds. The molecule has 5 fully saturated rings. The second-order valence-corrected chi connectivity index (χ2v) is 18.3. The van der Waals surface area contributed by atoms with Gasteiger partial charge in [-0.3, -0.25) is 9.80 Å². The number of hydrogen-bond acceptors (Lipinski definition) is 14. The number of carbonyl (C=O) groups excluding carboxylic acids is 2. The number of hydrogen-bond donors (Lipinski definition) is 4. The number of phenolic OH excluding ortho intramolecular Hbond substituents is 1. The molecule has 58 heavy (non-hydrogen) atoms. The van der Waals surface area contributed by atoms with Crippen molar-refractivity contribution in [1.82, 2.24) is 9.80 Å². The normalized spacial score (nSPS) is 40.0. The number of anilines is 2. The standard InChI is InChI=1S/C44H50N4O10/c1-7-41-16-20(37(51)55-5)34-44(23-14-25(49)30(53-3)31(54-4)28(23)46-34)10-12-48(40(41)44)29-19-13-22-24(15-26(19)57-32(29)35(41)50)45-33-21(38(52)56-6)17-42(8-2)36-27(58-36)18-47-11-9-43(22,33)39(42)47/h13-15,27,29,32,35-36,39-40,45-46,49-50H,7-12,16-18H2,1-6H3/t27-,29-,32+,35-,36-,39+,40+,41-,42-,43+,44-/m1/s1. The van der Waals surface area contributed by atoms with Gasteiger partial charge in [-0.1, -0.05) is 13.8 Å². The van der Waals surface area contributed by atoms with Crippen LogP contribution >= 0.6 is 0 Å². The number of epoxide rings is 1. The Kier molecular flexibility index (Phi) is 6.84. The number of carbonyl (C=O) groups is 2. The number of aromatic hydroxyl groups is 1. The molecule has 14 heteroatoms. The van der Waals surface area contributed by atoms with E-state index >= 15 is 0 Å². The van der Waals surface area contributed by atoms with Crippen molar-refractivity contribution in [2.45, 2.75) is 106 Å². The Morgan fingerprint density at radius 3 is 2.22 bits per heavy atom. The van der Waals surface area contributed by atoms with Gasteiger partial charge in [0, 0.05) is 64.7 Å². The molecule has 0 unspecified atom stereocenters. The summed E-state index contributed by atoms with van der Waals surface area (Å²) in [6, 6.07) is 5.72. The summed E-state index contributed by atoms with van der Waals surface area (Å²) in [5.41, 5.74) is 5.09. The zero-order valence-corrected chi connectivity index (χ0v) is 33.7. The fourth-order valence-corrected chi connectivity index (χ4v) is 14.9. The Morgan fingerprint density at radius 2 is 1.53 bits per heavy atom. The molecule has 10 aliphatic rings. The van der Waals surface area contributed by atoms with Crippen LogP contribution in [0.3, 0.4) is 0 Å². The lowest BCUT2D eigenvalue weighted by Gasteiger charge is -2.60. The number of benzene rings is 2. The second kappa shape index (κ2) is 11.2. The third-order valence-corrected chi connectivity index (χ3v) is 16.9. The number of rotatable bonds is 6. The maximum Gasteiger partial charge on any atom is 0.335 e. The molecule has 12 rings (SSSR count). The van der Waals surface area contributed by atoms with E-state index in [2.05, 4.69) is 46.4 Å². The quantitative estimate of drug-likeness (QED) is 0.189. The second-order valence-electron chi connectivity index (χ2n) is 18.3. The van der Waals surface area contributed by atoms with Gasteiger partial charge in [0.2, 0.25) is 5.75 Å². The number of piperidine rings is 2. The third-order valence-electron chi connectivity index (χ3n) is 16.9. The highest BCUT2D eigenvalue weighted by Gasteiger charge is 2.76. The van der Waals surface area contributed by atoms with Gasteiger partial charge in [-0.05, 0) is 68.3 Å². The Hall–Kier alpha value is -4.50. The van der Waals surface area contributed by atoms with E-state index in [0.717, 1.165) is 54.1 Å². The minimum absolute atomic E-state index is 0.0607.